The van der Waals surface area contributed by atoms with Crippen molar-refractivity contribution in [3.05, 3.63) is 28.7 Å². The van der Waals surface area contributed by atoms with E-state index in [1.54, 1.807) is 25.2 Å². The van der Waals surface area contributed by atoms with E-state index >= 15 is 0 Å². The van der Waals surface area contributed by atoms with Gasteiger partial charge in [-0.3, -0.25) is 28.8 Å². The number of aliphatic carboxylic acids is 1. The lowest BCUT2D eigenvalue weighted by Crippen LogP contribution is -2.44. The van der Waals surface area contributed by atoms with Crippen LogP contribution in [-0.4, -0.2) is 50.7 Å². The molecule has 1 aromatic carbocycles. The minimum Gasteiger partial charge on any atom is -0.489 e. The van der Waals surface area contributed by atoms with Gasteiger partial charge >= 0.3 is 11.7 Å². The first kappa shape index (κ1) is 18.2. The molecule has 10 heteroatoms. The first-order valence-corrected chi connectivity index (χ1v) is 9.02. The van der Waals surface area contributed by atoms with Gasteiger partial charge in [0.15, 0.2) is 0 Å². The molecule has 148 valence electrons. The molecular formula is C18H20N4O6. The summed E-state index contributed by atoms with van der Waals surface area (Å²) in [4.78, 5) is 47.4. The van der Waals surface area contributed by atoms with Gasteiger partial charge in [0.25, 0.3) is 0 Å². The molecule has 2 aromatic rings. The van der Waals surface area contributed by atoms with Crippen LogP contribution in [0.25, 0.3) is 11.0 Å². The van der Waals surface area contributed by atoms with Crippen LogP contribution in [0.5, 0.6) is 5.75 Å². The Kier molecular flexibility index (Phi) is 4.42. The van der Waals surface area contributed by atoms with Crippen LogP contribution < -0.4 is 21.1 Å². The average Bonchev–Trinajstić information content (AvgIpc) is 3.20. The monoisotopic (exact) mass is 388 g/mol. The Morgan fingerprint density at radius 3 is 2.71 bits per heavy atom. The van der Waals surface area contributed by atoms with Crippen LogP contribution in [0, 0.1) is 0 Å². The van der Waals surface area contributed by atoms with Gasteiger partial charge in [0.05, 0.1) is 11.0 Å². The Bertz CT molecular complexity index is 1040. The number of fused-ring (bicyclic) bond motifs is 1. The molecule has 1 unspecified atom stereocenters. The van der Waals surface area contributed by atoms with Gasteiger partial charge in [0.2, 0.25) is 11.8 Å². The maximum absolute atomic E-state index is 12.7. The predicted molar refractivity (Wildman–Crippen MR) is 97.1 cm³/mol. The molecule has 10 nitrogen and oxygen atoms in total. The van der Waals surface area contributed by atoms with E-state index in [1.165, 1.54) is 9.13 Å². The van der Waals surface area contributed by atoms with Crippen molar-refractivity contribution in [2.45, 2.75) is 37.5 Å². The van der Waals surface area contributed by atoms with Gasteiger partial charge < -0.3 is 15.2 Å². The Balaban J connectivity index is 1.63. The van der Waals surface area contributed by atoms with Gasteiger partial charge in [0.1, 0.15) is 23.9 Å². The van der Waals surface area contributed by atoms with Crippen molar-refractivity contribution in [1.29, 1.82) is 0 Å². The van der Waals surface area contributed by atoms with E-state index in [9.17, 15) is 19.2 Å². The SMILES string of the molecule is Cn1c(=O)n(C2CCC(=O)NC2=O)c2ccc(O[C@H]3CN[C@H](C(=O)O)C3)cc21. The summed E-state index contributed by atoms with van der Waals surface area (Å²) in [5.41, 5.74) is 0.811. The maximum Gasteiger partial charge on any atom is 0.329 e. The van der Waals surface area contributed by atoms with Crippen molar-refractivity contribution < 1.29 is 24.2 Å². The molecule has 0 bridgehead atoms. The molecule has 3 heterocycles. The molecule has 2 saturated heterocycles. The summed E-state index contributed by atoms with van der Waals surface area (Å²) >= 11 is 0. The molecule has 2 aliphatic heterocycles. The van der Waals surface area contributed by atoms with Crippen LogP contribution in [0.3, 0.4) is 0 Å². The van der Waals surface area contributed by atoms with Crippen molar-refractivity contribution in [1.82, 2.24) is 19.8 Å². The lowest BCUT2D eigenvalue weighted by molar-refractivity contribution is -0.139. The number of hydrogen-bond donors (Lipinski definition) is 3. The molecule has 3 atom stereocenters. The number of aromatic nitrogens is 2. The zero-order chi connectivity index (χ0) is 20.0. The Hall–Kier alpha value is -3.14. The first-order chi connectivity index (χ1) is 13.3. The Morgan fingerprint density at radius 2 is 2.04 bits per heavy atom. The summed E-state index contributed by atoms with van der Waals surface area (Å²) in [6, 6.07) is 3.72. The summed E-state index contributed by atoms with van der Waals surface area (Å²) in [6.07, 6.45) is 0.517. The molecule has 0 spiro atoms. The second-order valence-electron chi connectivity index (χ2n) is 7.10. The number of carboxylic acids is 1. The predicted octanol–water partition coefficient (Wildman–Crippen LogP) is -0.488. The van der Waals surface area contributed by atoms with Crippen LogP contribution in [0.4, 0.5) is 0 Å². The van der Waals surface area contributed by atoms with Gasteiger partial charge in [-0.2, -0.15) is 0 Å². The minimum atomic E-state index is -0.912. The fourth-order valence-corrected chi connectivity index (χ4v) is 3.82. The number of ether oxygens (including phenoxy) is 1. The number of benzene rings is 1. The number of carbonyl (C=O) groups is 3. The van der Waals surface area contributed by atoms with E-state index in [0.29, 0.717) is 29.7 Å². The summed E-state index contributed by atoms with van der Waals surface area (Å²) < 4.78 is 8.70. The van der Waals surface area contributed by atoms with E-state index in [2.05, 4.69) is 10.6 Å². The van der Waals surface area contributed by atoms with E-state index in [0.717, 1.165) is 0 Å². The molecule has 28 heavy (non-hydrogen) atoms. The van der Waals surface area contributed by atoms with Gasteiger partial charge in [-0.25, -0.2) is 4.79 Å². The second-order valence-corrected chi connectivity index (χ2v) is 7.10. The van der Waals surface area contributed by atoms with E-state index in [4.69, 9.17) is 9.84 Å². The zero-order valence-electron chi connectivity index (χ0n) is 15.2. The quantitative estimate of drug-likeness (QED) is 0.602. The number of rotatable bonds is 4. The van der Waals surface area contributed by atoms with Crippen molar-refractivity contribution in [3.8, 4) is 5.75 Å². The summed E-state index contributed by atoms with van der Waals surface area (Å²) in [6.45, 7) is 0.422. The summed E-state index contributed by atoms with van der Waals surface area (Å²) in [7, 11) is 1.61. The van der Waals surface area contributed by atoms with Crippen molar-refractivity contribution in [2.24, 2.45) is 7.05 Å². The third-order valence-electron chi connectivity index (χ3n) is 5.27. The fourth-order valence-electron chi connectivity index (χ4n) is 3.82. The number of carbonyl (C=O) groups excluding carboxylic acids is 2. The highest BCUT2D eigenvalue weighted by molar-refractivity contribution is 6.00. The van der Waals surface area contributed by atoms with E-state index in [-0.39, 0.29) is 30.5 Å². The highest BCUT2D eigenvalue weighted by Crippen LogP contribution is 2.27. The number of aryl methyl sites for hydroxylation is 1. The highest BCUT2D eigenvalue weighted by atomic mass is 16.5. The second kappa shape index (κ2) is 6.79. The van der Waals surface area contributed by atoms with E-state index < -0.39 is 24.0 Å². The van der Waals surface area contributed by atoms with Crippen LogP contribution in [0.15, 0.2) is 23.0 Å². The van der Waals surface area contributed by atoms with Crippen molar-refractivity contribution >= 4 is 28.8 Å². The number of nitrogens with zero attached hydrogens (tertiary/aromatic N) is 2. The van der Waals surface area contributed by atoms with Crippen LogP contribution in [-0.2, 0) is 21.4 Å². The standard InChI is InChI=1S/C18H20N4O6/c1-21-14-7-9(28-10-6-11(17(25)26)19-8-10)2-3-12(14)22(18(21)27)13-4-5-15(23)20-16(13)24/h2-3,7,10-11,13,19H,4-6,8H2,1H3,(H,25,26)(H,20,23,24)/t10-,11+,13?/m1/s1. The molecule has 0 saturated carbocycles. The molecule has 0 aliphatic carbocycles. The highest BCUT2D eigenvalue weighted by Gasteiger charge is 2.32. The van der Waals surface area contributed by atoms with Gasteiger partial charge in [-0.1, -0.05) is 0 Å². The van der Waals surface area contributed by atoms with Crippen molar-refractivity contribution in [3.63, 3.8) is 0 Å². The zero-order valence-corrected chi connectivity index (χ0v) is 15.2. The first-order valence-electron chi connectivity index (χ1n) is 9.02. The largest absolute Gasteiger partial charge is 0.489 e. The van der Waals surface area contributed by atoms with Gasteiger partial charge in [0, 0.05) is 32.5 Å². The number of amides is 2. The van der Waals surface area contributed by atoms with Crippen LogP contribution in [0.2, 0.25) is 0 Å². The van der Waals surface area contributed by atoms with Gasteiger partial charge in [-0.05, 0) is 18.6 Å². The van der Waals surface area contributed by atoms with Crippen LogP contribution >= 0.6 is 0 Å². The smallest absolute Gasteiger partial charge is 0.329 e. The summed E-state index contributed by atoms with van der Waals surface area (Å²) in [5, 5.41) is 14.2. The van der Waals surface area contributed by atoms with Crippen molar-refractivity contribution in [2.75, 3.05) is 6.54 Å². The number of imide groups is 1. The molecule has 2 fully saturated rings. The number of piperidine rings is 1. The third kappa shape index (κ3) is 3.05. The molecule has 2 aliphatic rings. The fraction of sp³-hybridized carbons (Fsp3) is 0.444. The molecule has 4 rings (SSSR count). The van der Waals surface area contributed by atoms with Gasteiger partial charge in [-0.15, -0.1) is 0 Å². The molecule has 2 amide bonds. The number of nitrogens with one attached hydrogen (secondary N) is 2. The molecule has 1 aromatic heterocycles. The average molecular weight is 388 g/mol. The topological polar surface area (TPSA) is 132 Å². The third-order valence-corrected chi connectivity index (χ3v) is 5.27. The number of hydrogen-bond acceptors (Lipinski definition) is 6. The summed E-state index contributed by atoms with van der Waals surface area (Å²) in [5.74, 6) is -1.22. The molecule has 0 radical (unpaired) electrons. The maximum atomic E-state index is 12.7. The molecule has 3 N–H and O–H groups in total. The minimum absolute atomic E-state index is 0.180. The Labute approximate surface area is 159 Å². The number of carboxylic acid groups (broad SMARTS) is 1. The number of imidazole rings is 1. The Morgan fingerprint density at radius 1 is 1.25 bits per heavy atom. The lowest BCUT2D eigenvalue weighted by atomic mass is 10.1. The normalized spacial score (nSPS) is 25.1. The van der Waals surface area contributed by atoms with Crippen LogP contribution in [0.1, 0.15) is 25.3 Å². The molecular weight excluding hydrogens is 368 g/mol. The lowest BCUT2D eigenvalue weighted by Gasteiger charge is -2.22. The van der Waals surface area contributed by atoms with E-state index in [1.807, 2.05) is 0 Å².